The van der Waals surface area contributed by atoms with Crippen LogP contribution in [0.1, 0.15) is 47.1 Å². The number of carboxylic acid groups (broad SMARTS) is 1. The Bertz CT molecular complexity index is 2110. The number of alkyl carbamates (subject to hydrolysis) is 1. The first-order valence-corrected chi connectivity index (χ1v) is 21.2. The molecule has 2 N–H and O–H groups in total. The average Bonchev–Trinajstić information content (AvgIpc) is 3.60. The van der Waals surface area contributed by atoms with Crippen LogP contribution in [0.25, 0.3) is 11.1 Å². The van der Waals surface area contributed by atoms with E-state index >= 15 is 0 Å². The summed E-state index contributed by atoms with van der Waals surface area (Å²) in [6, 6.07) is 43.5. The second-order valence-corrected chi connectivity index (χ2v) is 15.9. The Morgan fingerprint density at radius 1 is 0.633 bits per heavy atom. The molecule has 1 amide bonds. The van der Waals surface area contributed by atoms with Gasteiger partial charge in [-0.15, -0.1) is 11.8 Å². The van der Waals surface area contributed by atoms with Crippen LogP contribution in [-0.4, -0.2) is 78.0 Å². The van der Waals surface area contributed by atoms with E-state index in [4.69, 9.17) is 28.4 Å². The third-order valence-corrected chi connectivity index (χ3v) is 11.5. The van der Waals surface area contributed by atoms with Gasteiger partial charge in [-0.2, -0.15) is 0 Å². The molecule has 1 aliphatic heterocycles. The summed E-state index contributed by atoms with van der Waals surface area (Å²) in [7, 11) is 0. The average molecular weight is 832 g/mol. The first-order valence-electron chi connectivity index (χ1n) is 20.1. The summed E-state index contributed by atoms with van der Waals surface area (Å²) in [6.07, 6.45) is -4.44. The fourth-order valence-electron chi connectivity index (χ4n) is 7.56. The van der Waals surface area contributed by atoms with Gasteiger partial charge in [-0.3, -0.25) is 4.79 Å². The molecule has 6 atom stereocenters. The van der Waals surface area contributed by atoms with Gasteiger partial charge in [-0.05, 0) is 44.7 Å². The molecule has 5 aromatic carbocycles. The molecule has 0 unspecified atom stereocenters. The number of aliphatic carboxylic acids is 1. The third-order valence-electron chi connectivity index (χ3n) is 10.5. The van der Waals surface area contributed by atoms with Crippen LogP contribution >= 0.6 is 11.8 Å². The van der Waals surface area contributed by atoms with Crippen molar-refractivity contribution >= 4 is 29.8 Å². The van der Waals surface area contributed by atoms with E-state index in [1.54, 1.807) is 11.8 Å². The summed E-state index contributed by atoms with van der Waals surface area (Å²) in [6.45, 7) is 2.52. The molecular weight excluding hydrogens is 783 g/mol. The molecule has 0 aromatic heterocycles. The van der Waals surface area contributed by atoms with Crippen LogP contribution in [0.4, 0.5) is 4.79 Å². The van der Waals surface area contributed by atoms with Gasteiger partial charge in [0.2, 0.25) is 0 Å². The number of amides is 1. The Hall–Kier alpha value is -5.50. The minimum absolute atomic E-state index is 0.0134. The Kier molecular flexibility index (Phi) is 15.0. The number of fused-ring (bicyclic) bond motifs is 3. The second-order valence-electron chi connectivity index (χ2n) is 14.5. The van der Waals surface area contributed by atoms with Crippen LogP contribution in [0, 0.1) is 0 Å². The summed E-state index contributed by atoms with van der Waals surface area (Å²) >= 11 is 1.54. The molecule has 0 radical (unpaired) electrons. The van der Waals surface area contributed by atoms with E-state index < -0.39 is 60.3 Å². The maximum absolute atomic E-state index is 13.4. The zero-order valence-electron chi connectivity index (χ0n) is 33.3. The highest BCUT2D eigenvalue weighted by molar-refractivity contribution is 7.99. The molecule has 1 aliphatic carbocycles. The number of esters is 1. The Morgan fingerprint density at radius 3 is 1.63 bits per heavy atom. The highest BCUT2D eigenvalue weighted by Gasteiger charge is 2.49. The molecule has 1 heterocycles. The number of rotatable bonds is 19. The van der Waals surface area contributed by atoms with E-state index in [1.165, 1.54) is 0 Å². The lowest BCUT2D eigenvalue weighted by atomic mass is 9.98. The second kappa shape index (κ2) is 21.1. The highest BCUT2D eigenvalue weighted by atomic mass is 32.2. The molecule has 0 saturated carbocycles. The lowest BCUT2D eigenvalue weighted by Crippen LogP contribution is -2.60. The smallest absolute Gasteiger partial charge is 0.407 e. The predicted octanol–water partition coefficient (Wildman–Crippen LogP) is 8.15. The lowest BCUT2D eigenvalue weighted by molar-refractivity contribution is -0.253. The highest BCUT2D eigenvalue weighted by Crippen LogP contribution is 2.44. The molecular formula is C48H49NO10S. The first-order chi connectivity index (χ1) is 29.4. The SMILES string of the molecule is CCS[C@H]1O[C@H](COC(=O)C[C@H](NC(=O)OCC2c3ccccc3-c3ccccc32)C(=O)O)[C@@H](OCc2ccccc2)[C@H](OCc2ccccc2)[C@@H]1OCc1ccccc1. The molecule has 60 heavy (non-hydrogen) atoms. The maximum Gasteiger partial charge on any atom is 0.407 e. The fourth-order valence-corrected chi connectivity index (χ4v) is 8.53. The van der Waals surface area contributed by atoms with Crippen LogP contribution in [0.5, 0.6) is 0 Å². The molecule has 11 nitrogen and oxygen atoms in total. The Morgan fingerprint density at radius 2 is 1.12 bits per heavy atom. The molecule has 5 aromatic rings. The number of ether oxygens (including phenoxy) is 6. The monoisotopic (exact) mass is 831 g/mol. The number of benzene rings is 5. The van der Waals surface area contributed by atoms with Crippen molar-refractivity contribution in [3.05, 3.63) is 167 Å². The summed E-state index contributed by atoms with van der Waals surface area (Å²) < 4.78 is 37.9. The molecule has 1 saturated heterocycles. The van der Waals surface area contributed by atoms with Gasteiger partial charge >= 0.3 is 18.0 Å². The molecule has 7 rings (SSSR count). The molecule has 0 bridgehead atoms. The van der Waals surface area contributed by atoms with E-state index in [0.717, 1.165) is 38.9 Å². The van der Waals surface area contributed by atoms with Crippen molar-refractivity contribution in [3.63, 3.8) is 0 Å². The largest absolute Gasteiger partial charge is 0.480 e. The number of carbonyl (C=O) groups excluding carboxylic acids is 2. The first kappa shape index (κ1) is 42.6. The van der Waals surface area contributed by atoms with Gasteiger partial charge in [0.1, 0.15) is 49.1 Å². The summed E-state index contributed by atoms with van der Waals surface area (Å²) in [5.74, 6) is -1.78. The molecule has 0 spiro atoms. The van der Waals surface area contributed by atoms with Gasteiger partial charge in [0.25, 0.3) is 0 Å². The van der Waals surface area contributed by atoms with Crippen molar-refractivity contribution in [2.24, 2.45) is 0 Å². The van der Waals surface area contributed by atoms with Crippen LogP contribution in [0.15, 0.2) is 140 Å². The van der Waals surface area contributed by atoms with E-state index in [0.29, 0.717) is 12.4 Å². The normalized spacial score (nSPS) is 20.1. The van der Waals surface area contributed by atoms with Crippen LogP contribution in [0.2, 0.25) is 0 Å². The zero-order valence-corrected chi connectivity index (χ0v) is 34.1. The van der Waals surface area contributed by atoms with Crippen molar-refractivity contribution in [2.45, 2.75) is 75.0 Å². The van der Waals surface area contributed by atoms with Gasteiger partial charge in [-0.1, -0.05) is 146 Å². The molecule has 2 aliphatic rings. The van der Waals surface area contributed by atoms with E-state index in [2.05, 4.69) is 5.32 Å². The van der Waals surface area contributed by atoms with Crippen molar-refractivity contribution in [2.75, 3.05) is 19.0 Å². The van der Waals surface area contributed by atoms with Crippen LogP contribution in [0.3, 0.4) is 0 Å². The van der Waals surface area contributed by atoms with Gasteiger partial charge in [-0.25, -0.2) is 9.59 Å². The van der Waals surface area contributed by atoms with E-state index in [-0.39, 0.29) is 32.3 Å². The lowest BCUT2D eigenvalue weighted by Gasteiger charge is -2.45. The number of carbonyl (C=O) groups is 3. The minimum Gasteiger partial charge on any atom is -0.480 e. The van der Waals surface area contributed by atoms with Crippen molar-refractivity contribution in [1.82, 2.24) is 5.32 Å². The van der Waals surface area contributed by atoms with Crippen LogP contribution in [-0.2, 0) is 57.8 Å². The third kappa shape index (κ3) is 11.0. The van der Waals surface area contributed by atoms with Crippen molar-refractivity contribution in [3.8, 4) is 11.1 Å². The molecule has 12 heteroatoms. The van der Waals surface area contributed by atoms with E-state index in [9.17, 15) is 19.5 Å². The minimum atomic E-state index is -1.60. The van der Waals surface area contributed by atoms with Crippen molar-refractivity contribution < 1.29 is 47.9 Å². The van der Waals surface area contributed by atoms with E-state index in [1.807, 2.05) is 146 Å². The Labute approximate surface area is 354 Å². The number of thioether (sulfide) groups is 1. The van der Waals surface area contributed by atoms with Crippen LogP contribution < -0.4 is 5.32 Å². The topological polar surface area (TPSA) is 139 Å². The predicted molar refractivity (Wildman–Crippen MR) is 227 cm³/mol. The Balaban J connectivity index is 1.04. The number of hydrogen-bond donors (Lipinski definition) is 2. The number of hydrogen-bond acceptors (Lipinski definition) is 10. The summed E-state index contributed by atoms with van der Waals surface area (Å²) in [5.41, 5.74) is 6.49. The van der Waals surface area contributed by atoms with Gasteiger partial charge in [0, 0.05) is 5.92 Å². The standard InChI is InChI=1S/C48H49NO10S/c1-2-60-47-45(57-29-34-20-10-5-11-21-34)44(56-28-33-18-8-4-9-19-33)43(55-27-32-16-6-3-7-17-32)41(59-47)31-54-42(50)26-40(46(51)52)49-48(53)58-30-39-37-24-14-12-22-35(37)36-23-13-15-25-38(36)39/h3-25,39-41,43-45,47H,2,26-31H2,1H3,(H,49,53)(H,51,52)/t40-,41+,43+,44-,45-,47+/m0/s1. The molecule has 312 valence electrons. The van der Waals surface area contributed by atoms with Gasteiger partial charge in [0.05, 0.1) is 26.2 Å². The van der Waals surface area contributed by atoms with Crippen molar-refractivity contribution in [1.29, 1.82) is 0 Å². The quantitative estimate of drug-likeness (QED) is 0.0780. The molecule has 1 fully saturated rings. The number of nitrogens with one attached hydrogen (secondary N) is 1. The number of carboxylic acids is 1. The van der Waals surface area contributed by atoms with Gasteiger partial charge < -0.3 is 38.8 Å². The summed E-state index contributed by atoms with van der Waals surface area (Å²) in [5, 5.41) is 12.4. The summed E-state index contributed by atoms with van der Waals surface area (Å²) in [4.78, 5) is 38.7. The van der Waals surface area contributed by atoms with Gasteiger partial charge in [0.15, 0.2) is 0 Å². The maximum atomic E-state index is 13.4. The fraction of sp³-hybridized carbons (Fsp3) is 0.312. The zero-order chi connectivity index (χ0) is 41.7.